The molecule has 18 heavy (non-hydrogen) atoms. The van der Waals surface area contributed by atoms with E-state index in [1.54, 1.807) is 29.8 Å². The molecule has 0 aliphatic heterocycles. The second kappa shape index (κ2) is 4.34. The van der Waals surface area contributed by atoms with E-state index in [2.05, 4.69) is 9.71 Å². The minimum Gasteiger partial charge on any atom is -0.399 e. The Hall–Kier alpha value is -2.02. The summed E-state index contributed by atoms with van der Waals surface area (Å²) in [6.07, 6.45) is 2.87. The Balaban J connectivity index is 2.30. The molecule has 0 radical (unpaired) electrons. The molecule has 3 N–H and O–H groups in total. The number of aryl methyl sites for hydroxylation is 2. The maximum absolute atomic E-state index is 12.0. The van der Waals surface area contributed by atoms with Gasteiger partial charge in [-0.15, -0.1) is 0 Å². The summed E-state index contributed by atoms with van der Waals surface area (Å²) in [7, 11) is -1.94. The highest BCUT2D eigenvalue weighted by molar-refractivity contribution is 7.92. The number of imidazole rings is 1. The van der Waals surface area contributed by atoms with Crippen LogP contribution < -0.4 is 10.5 Å². The molecule has 0 amide bonds. The second-order valence-corrected chi connectivity index (χ2v) is 5.68. The van der Waals surface area contributed by atoms with E-state index in [9.17, 15) is 8.42 Å². The standard InChI is InChI=1S/C11H14N4O2S/c1-8-5-9(3-4-10(8)12)14-18(16,17)11-6-15(2)7-13-11/h3-7,14H,12H2,1-2H3. The van der Waals surface area contributed by atoms with Gasteiger partial charge in [-0.3, -0.25) is 4.72 Å². The van der Waals surface area contributed by atoms with E-state index in [0.29, 0.717) is 11.4 Å². The minimum atomic E-state index is -3.64. The van der Waals surface area contributed by atoms with Crippen molar-refractivity contribution >= 4 is 21.4 Å². The third kappa shape index (κ3) is 2.45. The number of nitrogens with two attached hydrogens (primary N) is 1. The molecule has 7 heteroatoms. The number of hydrogen-bond acceptors (Lipinski definition) is 4. The smallest absolute Gasteiger partial charge is 0.280 e. The monoisotopic (exact) mass is 266 g/mol. The lowest BCUT2D eigenvalue weighted by molar-refractivity contribution is 0.598. The van der Waals surface area contributed by atoms with E-state index in [0.717, 1.165) is 5.56 Å². The first-order valence-corrected chi connectivity index (χ1v) is 6.74. The first kappa shape index (κ1) is 12.4. The highest BCUT2D eigenvalue weighted by Gasteiger charge is 2.17. The van der Waals surface area contributed by atoms with Crippen molar-refractivity contribution in [3.63, 3.8) is 0 Å². The summed E-state index contributed by atoms with van der Waals surface area (Å²) < 4.78 is 28.0. The zero-order valence-electron chi connectivity index (χ0n) is 10.1. The van der Waals surface area contributed by atoms with Gasteiger partial charge < -0.3 is 10.3 Å². The van der Waals surface area contributed by atoms with Crippen molar-refractivity contribution in [1.82, 2.24) is 9.55 Å². The molecule has 0 saturated heterocycles. The number of benzene rings is 1. The molecule has 0 atom stereocenters. The van der Waals surface area contributed by atoms with Crippen molar-refractivity contribution in [2.24, 2.45) is 7.05 Å². The molecule has 96 valence electrons. The summed E-state index contributed by atoms with van der Waals surface area (Å²) in [6.45, 7) is 1.81. The quantitative estimate of drug-likeness (QED) is 0.814. The second-order valence-electron chi connectivity index (χ2n) is 4.05. The first-order chi connectivity index (χ1) is 8.38. The summed E-state index contributed by atoms with van der Waals surface area (Å²) in [5.74, 6) is 0. The molecule has 0 fully saturated rings. The largest absolute Gasteiger partial charge is 0.399 e. The van der Waals surface area contributed by atoms with Crippen molar-refractivity contribution < 1.29 is 8.42 Å². The summed E-state index contributed by atoms with van der Waals surface area (Å²) in [5, 5.41) is -0.0144. The highest BCUT2D eigenvalue weighted by Crippen LogP contribution is 2.19. The molecule has 0 aliphatic carbocycles. The SMILES string of the molecule is Cc1cc(NS(=O)(=O)c2cn(C)cn2)ccc1N. The molecule has 1 aromatic heterocycles. The van der Waals surface area contributed by atoms with Crippen LogP contribution in [0.2, 0.25) is 0 Å². The highest BCUT2D eigenvalue weighted by atomic mass is 32.2. The lowest BCUT2D eigenvalue weighted by Gasteiger charge is -2.07. The number of anilines is 2. The first-order valence-electron chi connectivity index (χ1n) is 5.25. The third-order valence-electron chi connectivity index (χ3n) is 2.48. The van der Waals surface area contributed by atoms with E-state index in [4.69, 9.17) is 5.73 Å². The molecule has 2 aromatic rings. The molecule has 0 aliphatic rings. The van der Waals surface area contributed by atoms with Gasteiger partial charge in [0, 0.05) is 24.6 Å². The number of aromatic nitrogens is 2. The molecule has 1 aromatic carbocycles. The van der Waals surface area contributed by atoms with Crippen LogP contribution in [0.1, 0.15) is 5.56 Å². The van der Waals surface area contributed by atoms with Crippen molar-refractivity contribution in [3.05, 3.63) is 36.3 Å². The van der Waals surface area contributed by atoms with Crippen molar-refractivity contribution in [2.45, 2.75) is 11.9 Å². The molecule has 0 bridgehead atoms. The third-order valence-corrected chi connectivity index (χ3v) is 3.74. The van der Waals surface area contributed by atoms with Gasteiger partial charge in [-0.05, 0) is 30.7 Å². The van der Waals surface area contributed by atoms with Crippen LogP contribution in [0.25, 0.3) is 0 Å². The topological polar surface area (TPSA) is 90.0 Å². The number of nitrogens with zero attached hydrogens (tertiary/aromatic N) is 2. The Morgan fingerprint density at radius 3 is 2.67 bits per heavy atom. The molecule has 0 saturated carbocycles. The van der Waals surface area contributed by atoms with E-state index >= 15 is 0 Å². The van der Waals surface area contributed by atoms with E-state index in [-0.39, 0.29) is 5.03 Å². The fraction of sp³-hybridized carbons (Fsp3) is 0.182. The van der Waals surface area contributed by atoms with E-state index in [1.807, 2.05) is 6.92 Å². The molecular weight excluding hydrogens is 252 g/mol. The maximum atomic E-state index is 12.0. The van der Waals surface area contributed by atoms with Crippen LogP contribution in [0.4, 0.5) is 11.4 Å². The minimum absolute atomic E-state index is 0.0144. The molecule has 6 nitrogen and oxygen atoms in total. The van der Waals surface area contributed by atoms with Gasteiger partial charge in [-0.25, -0.2) is 4.98 Å². The Labute approximate surface area is 106 Å². The zero-order chi connectivity index (χ0) is 13.3. The molecule has 0 spiro atoms. The van der Waals surface area contributed by atoms with Gasteiger partial charge in [0.1, 0.15) is 0 Å². The van der Waals surface area contributed by atoms with Crippen LogP contribution in [0.3, 0.4) is 0 Å². The Morgan fingerprint density at radius 2 is 2.11 bits per heavy atom. The predicted molar refractivity (Wildman–Crippen MR) is 69.6 cm³/mol. The normalized spacial score (nSPS) is 11.4. The van der Waals surface area contributed by atoms with Crippen LogP contribution in [0.5, 0.6) is 0 Å². The van der Waals surface area contributed by atoms with Gasteiger partial charge >= 0.3 is 0 Å². The lowest BCUT2D eigenvalue weighted by Crippen LogP contribution is -2.13. The van der Waals surface area contributed by atoms with Gasteiger partial charge in [0.15, 0.2) is 5.03 Å². The Morgan fingerprint density at radius 1 is 1.39 bits per heavy atom. The van der Waals surface area contributed by atoms with Gasteiger partial charge in [0.2, 0.25) is 0 Å². The number of nitrogens with one attached hydrogen (secondary N) is 1. The maximum Gasteiger partial charge on any atom is 0.280 e. The van der Waals surface area contributed by atoms with E-state index < -0.39 is 10.0 Å². The fourth-order valence-electron chi connectivity index (χ4n) is 1.47. The lowest BCUT2D eigenvalue weighted by atomic mass is 10.2. The Kier molecular flexibility index (Phi) is 3.00. The summed E-state index contributed by atoms with van der Waals surface area (Å²) in [6, 6.07) is 4.95. The summed E-state index contributed by atoms with van der Waals surface area (Å²) in [4.78, 5) is 3.81. The summed E-state index contributed by atoms with van der Waals surface area (Å²) in [5.41, 5.74) is 7.58. The number of nitrogen functional groups attached to an aromatic ring is 1. The molecule has 2 rings (SSSR count). The average Bonchev–Trinajstić information content (AvgIpc) is 2.71. The molecule has 0 unspecified atom stereocenters. The van der Waals surface area contributed by atoms with Crippen LogP contribution in [-0.4, -0.2) is 18.0 Å². The predicted octanol–water partition coefficient (Wildman–Crippen LogP) is 1.11. The molecule has 1 heterocycles. The number of sulfonamides is 1. The van der Waals surface area contributed by atoms with Crippen LogP contribution in [0.15, 0.2) is 35.7 Å². The van der Waals surface area contributed by atoms with E-state index in [1.165, 1.54) is 12.5 Å². The van der Waals surface area contributed by atoms with Crippen LogP contribution in [0, 0.1) is 6.92 Å². The van der Waals surface area contributed by atoms with Gasteiger partial charge in [0.25, 0.3) is 10.0 Å². The average molecular weight is 266 g/mol. The van der Waals surface area contributed by atoms with Crippen molar-refractivity contribution in [3.8, 4) is 0 Å². The number of hydrogen-bond donors (Lipinski definition) is 2. The van der Waals surface area contributed by atoms with Crippen molar-refractivity contribution in [1.29, 1.82) is 0 Å². The van der Waals surface area contributed by atoms with Gasteiger partial charge in [-0.2, -0.15) is 8.42 Å². The molecular formula is C11H14N4O2S. The van der Waals surface area contributed by atoms with Crippen LogP contribution >= 0.6 is 0 Å². The summed E-state index contributed by atoms with van der Waals surface area (Å²) >= 11 is 0. The van der Waals surface area contributed by atoms with Gasteiger partial charge in [0.05, 0.1) is 6.33 Å². The van der Waals surface area contributed by atoms with Crippen molar-refractivity contribution in [2.75, 3.05) is 10.5 Å². The zero-order valence-corrected chi connectivity index (χ0v) is 10.9. The van der Waals surface area contributed by atoms with Gasteiger partial charge in [-0.1, -0.05) is 0 Å². The fourth-order valence-corrected chi connectivity index (χ4v) is 2.51. The number of rotatable bonds is 3. The van der Waals surface area contributed by atoms with Crippen LogP contribution in [-0.2, 0) is 17.1 Å². The Bertz CT molecular complexity index is 676.